The summed E-state index contributed by atoms with van der Waals surface area (Å²) in [5.41, 5.74) is 2.33. The summed E-state index contributed by atoms with van der Waals surface area (Å²) in [6, 6.07) is 6.09. The van der Waals surface area contributed by atoms with E-state index >= 15 is 0 Å². The molecule has 0 saturated carbocycles. The van der Waals surface area contributed by atoms with E-state index in [1.54, 1.807) is 7.11 Å². The predicted molar refractivity (Wildman–Crippen MR) is 70.5 cm³/mol. The number of carbonyl (C=O) groups is 1. The maximum absolute atomic E-state index is 11.7. The summed E-state index contributed by atoms with van der Waals surface area (Å²) in [4.78, 5) is 11.7. The second-order valence-corrected chi connectivity index (χ2v) is 4.95. The summed E-state index contributed by atoms with van der Waals surface area (Å²) in [5, 5.41) is 0. The smallest absolute Gasteiger partial charge is 0.133 e. The predicted octanol–water partition coefficient (Wildman–Crippen LogP) is 3.55. The van der Waals surface area contributed by atoms with E-state index in [2.05, 4.69) is 26.8 Å². The van der Waals surface area contributed by atoms with Gasteiger partial charge in [-0.15, -0.1) is 0 Å². The molecule has 0 aliphatic rings. The highest BCUT2D eigenvalue weighted by atomic mass is 16.5. The van der Waals surface area contributed by atoms with Crippen LogP contribution in [0.4, 0.5) is 0 Å². The average molecular weight is 234 g/mol. The fourth-order valence-corrected chi connectivity index (χ4v) is 1.93. The normalized spacial score (nSPS) is 10.6. The largest absolute Gasteiger partial charge is 0.496 e. The molecule has 0 radical (unpaired) electrons. The van der Waals surface area contributed by atoms with Crippen molar-refractivity contribution in [1.29, 1.82) is 0 Å². The molecule has 0 bridgehead atoms. The monoisotopic (exact) mass is 234 g/mol. The highest BCUT2D eigenvalue weighted by molar-refractivity contribution is 5.78. The van der Waals surface area contributed by atoms with E-state index in [1.807, 2.05) is 12.1 Å². The lowest BCUT2D eigenvalue weighted by Crippen LogP contribution is -2.05. The molecule has 17 heavy (non-hydrogen) atoms. The zero-order chi connectivity index (χ0) is 12.8. The molecule has 0 aliphatic carbocycles. The number of ketones is 1. The van der Waals surface area contributed by atoms with Gasteiger partial charge in [-0.25, -0.2) is 0 Å². The number of hydrogen-bond donors (Lipinski definition) is 0. The quantitative estimate of drug-likeness (QED) is 0.752. The summed E-state index contributed by atoms with van der Waals surface area (Å²) in [5.74, 6) is 1.67. The Hall–Kier alpha value is -1.31. The van der Waals surface area contributed by atoms with E-state index in [0.717, 1.165) is 17.7 Å². The van der Waals surface area contributed by atoms with Crippen LogP contribution in [0.1, 0.15) is 37.8 Å². The fourth-order valence-electron chi connectivity index (χ4n) is 1.93. The molecule has 0 saturated heterocycles. The Morgan fingerprint density at radius 3 is 2.65 bits per heavy atom. The van der Waals surface area contributed by atoms with Crippen molar-refractivity contribution in [3.05, 3.63) is 29.3 Å². The first-order valence-corrected chi connectivity index (χ1v) is 6.18. The summed E-state index contributed by atoms with van der Waals surface area (Å²) < 4.78 is 5.30. The zero-order valence-corrected chi connectivity index (χ0v) is 11.2. The third-order valence-corrected chi connectivity index (χ3v) is 2.75. The Morgan fingerprint density at radius 2 is 2.06 bits per heavy atom. The van der Waals surface area contributed by atoms with Crippen molar-refractivity contribution < 1.29 is 9.53 Å². The number of methoxy groups -OCH3 is 1. The van der Waals surface area contributed by atoms with Gasteiger partial charge in [0.15, 0.2) is 0 Å². The summed E-state index contributed by atoms with van der Waals surface area (Å²) in [7, 11) is 1.67. The van der Waals surface area contributed by atoms with Crippen LogP contribution in [0.5, 0.6) is 5.75 Å². The molecule has 0 aromatic heterocycles. The van der Waals surface area contributed by atoms with Crippen molar-refractivity contribution in [2.75, 3.05) is 7.11 Å². The van der Waals surface area contributed by atoms with Crippen LogP contribution < -0.4 is 4.74 Å². The number of benzene rings is 1. The summed E-state index contributed by atoms with van der Waals surface area (Å²) in [6.45, 7) is 6.20. The van der Waals surface area contributed by atoms with Crippen molar-refractivity contribution in [3.63, 3.8) is 0 Å². The topological polar surface area (TPSA) is 26.3 Å². The number of aryl methyl sites for hydroxylation is 2. The molecule has 1 rings (SSSR count). The van der Waals surface area contributed by atoms with E-state index in [4.69, 9.17) is 4.74 Å². The van der Waals surface area contributed by atoms with Crippen LogP contribution in [0.3, 0.4) is 0 Å². The Bertz CT molecular complexity index is 381. The van der Waals surface area contributed by atoms with Gasteiger partial charge in [0.1, 0.15) is 11.5 Å². The van der Waals surface area contributed by atoms with Crippen molar-refractivity contribution >= 4 is 5.78 Å². The molecule has 1 aromatic rings. The third-order valence-electron chi connectivity index (χ3n) is 2.75. The average Bonchev–Trinajstić information content (AvgIpc) is 2.25. The highest BCUT2D eigenvalue weighted by Crippen LogP contribution is 2.21. The molecule has 0 fully saturated rings. The van der Waals surface area contributed by atoms with Gasteiger partial charge in [-0.05, 0) is 30.9 Å². The summed E-state index contributed by atoms with van der Waals surface area (Å²) >= 11 is 0. The number of hydrogen-bond acceptors (Lipinski definition) is 2. The first-order chi connectivity index (χ1) is 8.02. The molecule has 2 nitrogen and oxygen atoms in total. The summed E-state index contributed by atoms with van der Waals surface area (Å²) in [6.07, 6.45) is 2.06. The number of carbonyl (C=O) groups excluding carboxylic acids is 1. The fraction of sp³-hybridized carbons (Fsp3) is 0.533. The lowest BCUT2D eigenvalue weighted by molar-refractivity contribution is -0.119. The molecular weight excluding hydrogens is 212 g/mol. The van der Waals surface area contributed by atoms with Gasteiger partial charge in [0, 0.05) is 12.8 Å². The minimum Gasteiger partial charge on any atom is -0.496 e. The highest BCUT2D eigenvalue weighted by Gasteiger charge is 2.08. The SMILES string of the molecule is COc1ccc(C)cc1CCC(=O)CC(C)C. The van der Waals surface area contributed by atoms with Gasteiger partial charge in [0.2, 0.25) is 0 Å². The van der Waals surface area contributed by atoms with Gasteiger partial charge >= 0.3 is 0 Å². The van der Waals surface area contributed by atoms with E-state index < -0.39 is 0 Å². The Kier molecular flexibility index (Phi) is 5.20. The molecule has 1 aromatic carbocycles. The van der Waals surface area contributed by atoms with Gasteiger partial charge < -0.3 is 4.74 Å². The van der Waals surface area contributed by atoms with Crippen molar-refractivity contribution in [2.24, 2.45) is 5.92 Å². The van der Waals surface area contributed by atoms with Crippen LogP contribution in [0, 0.1) is 12.8 Å². The molecule has 2 heteroatoms. The van der Waals surface area contributed by atoms with E-state index in [-0.39, 0.29) is 0 Å². The maximum atomic E-state index is 11.7. The first kappa shape index (κ1) is 13.8. The Labute approximate surface area is 104 Å². The van der Waals surface area contributed by atoms with E-state index in [9.17, 15) is 4.79 Å². The van der Waals surface area contributed by atoms with Crippen LogP contribution in [0.25, 0.3) is 0 Å². The molecule has 0 spiro atoms. The van der Waals surface area contributed by atoms with Crippen molar-refractivity contribution in [2.45, 2.75) is 40.0 Å². The van der Waals surface area contributed by atoms with Crippen LogP contribution in [0.2, 0.25) is 0 Å². The van der Waals surface area contributed by atoms with Gasteiger partial charge in [0.05, 0.1) is 7.11 Å². The van der Waals surface area contributed by atoms with Crippen LogP contribution in [-0.2, 0) is 11.2 Å². The standard InChI is InChI=1S/C15H22O2/c1-11(2)9-14(16)7-6-13-10-12(3)5-8-15(13)17-4/h5,8,10-11H,6-7,9H2,1-4H3. The number of ether oxygens (including phenoxy) is 1. The molecule has 0 N–H and O–H groups in total. The van der Waals surface area contributed by atoms with Gasteiger partial charge in [-0.2, -0.15) is 0 Å². The third kappa shape index (κ3) is 4.59. The minimum absolute atomic E-state index is 0.337. The lowest BCUT2D eigenvalue weighted by atomic mass is 10.00. The molecule has 0 heterocycles. The minimum atomic E-state index is 0.337. The van der Waals surface area contributed by atoms with Crippen LogP contribution in [0.15, 0.2) is 18.2 Å². The number of rotatable bonds is 6. The second-order valence-electron chi connectivity index (χ2n) is 4.95. The van der Waals surface area contributed by atoms with E-state index in [0.29, 0.717) is 24.5 Å². The van der Waals surface area contributed by atoms with Gasteiger partial charge in [0.25, 0.3) is 0 Å². The Morgan fingerprint density at radius 1 is 1.35 bits per heavy atom. The number of Topliss-reactive ketones (excluding diaryl/α,β-unsaturated/α-hetero) is 1. The molecule has 0 aliphatic heterocycles. The molecule has 0 amide bonds. The van der Waals surface area contributed by atoms with Gasteiger partial charge in [-0.1, -0.05) is 31.5 Å². The second kappa shape index (κ2) is 6.43. The zero-order valence-electron chi connectivity index (χ0n) is 11.2. The Balaban J connectivity index is 2.62. The van der Waals surface area contributed by atoms with Crippen molar-refractivity contribution in [1.82, 2.24) is 0 Å². The van der Waals surface area contributed by atoms with E-state index in [1.165, 1.54) is 5.56 Å². The molecular formula is C15H22O2. The van der Waals surface area contributed by atoms with Crippen LogP contribution >= 0.6 is 0 Å². The lowest BCUT2D eigenvalue weighted by Gasteiger charge is -2.09. The molecule has 0 unspecified atom stereocenters. The maximum Gasteiger partial charge on any atom is 0.133 e. The van der Waals surface area contributed by atoms with Crippen LogP contribution in [-0.4, -0.2) is 12.9 Å². The molecule has 0 atom stereocenters. The molecule has 94 valence electrons. The van der Waals surface area contributed by atoms with Crippen molar-refractivity contribution in [3.8, 4) is 5.75 Å². The van der Waals surface area contributed by atoms with Gasteiger partial charge in [-0.3, -0.25) is 4.79 Å². The first-order valence-electron chi connectivity index (χ1n) is 6.18.